The maximum absolute atomic E-state index is 12.5. The van der Waals surface area contributed by atoms with Gasteiger partial charge in [-0.1, -0.05) is 30.7 Å². The van der Waals surface area contributed by atoms with Gasteiger partial charge in [0.2, 0.25) is 0 Å². The van der Waals surface area contributed by atoms with E-state index in [0.29, 0.717) is 18.7 Å². The van der Waals surface area contributed by atoms with Crippen molar-refractivity contribution in [3.63, 3.8) is 0 Å². The van der Waals surface area contributed by atoms with Gasteiger partial charge in [0, 0.05) is 11.8 Å². The van der Waals surface area contributed by atoms with Crippen LogP contribution in [0, 0.1) is 13.8 Å². The van der Waals surface area contributed by atoms with Crippen LogP contribution in [0.25, 0.3) is 0 Å². The van der Waals surface area contributed by atoms with Gasteiger partial charge in [-0.05, 0) is 51.0 Å². The summed E-state index contributed by atoms with van der Waals surface area (Å²) in [4.78, 5) is 12.5. The first-order chi connectivity index (χ1) is 11.5. The van der Waals surface area contributed by atoms with Crippen LogP contribution in [0.4, 0.5) is 5.69 Å². The summed E-state index contributed by atoms with van der Waals surface area (Å²) in [7, 11) is 0. The maximum Gasteiger partial charge on any atom is 0.265 e. The van der Waals surface area contributed by atoms with Gasteiger partial charge < -0.3 is 14.8 Å². The van der Waals surface area contributed by atoms with E-state index < -0.39 is 6.10 Å². The fraction of sp³-hybridized carbons (Fsp3) is 0.350. The predicted molar refractivity (Wildman–Crippen MR) is 96.9 cm³/mol. The Kier molecular flexibility index (Phi) is 6.24. The van der Waals surface area contributed by atoms with E-state index in [1.807, 2.05) is 70.2 Å². The van der Waals surface area contributed by atoms with E-state index in [2.05, 4.69) is 5.32 Å². The van der Waals surface area contributed by atoms with Crippen molar-refractivity contribution in [2.24, 2.45) is 0 Å². The lowest BCUT2D eigenvalue weighted by molar-refractivity contribution is -0.122. The van der Waals surface area contributed by atoms with Crippen molar-refractivity contribution >= 4 is 11.6 Å². The van der Waals surface area contributed by atoms with Crippen molar-refractivity contribution in [1.82, 2.24) is 0 Å². The summed E-state index contributed by atoms with van der Waals surface area (Å²) in [5.74, 6) is 1.32. The number of anilines is 1. The van der Waals surface area contributed by atoms with Crippen LogP contribution < -0.4 is 14.8 Å². The second kappa shape index (κ2) is 8.39. The molecule has 24 heavy (non-hydrogen) atoms. The minimum absolute atomic E-state index is 0.161. The first kappa shape index (κ1) is 17.9. The number of ether oxygens (including phenoxy) is 2. The highest BCUT2D eigenvalue weighted by molar-refractivity contribution is 5.94. The van der Waals surface area contributed by atoms with Gasteiger partial charge in [0.15, 0.2) is 6.10 Å². The Hall–Kier alpha value is -2.49. The van der Waals surface area contributed by atoms with Gasteiger partial charge in [0.1, 0.15) is 11.5 Å². The molecular weight excluding hydrogens is 302 g/mol. The number of rotatable bonds is 7. The summed E-state index contributed by atoms with van der Waals surface area (Å²) in [6.45, 7) is 8.47. The van der Waals surface area contributed by atoms with Gasteiger partial charge in [-0.15, -0.1) is 0 Å². The van der Waals surface area contributed by atoms with Gasteiger partial charge >= 0.3 is 0 Å². The Labute approximate surface area is 143 Å². The van der Waals surface area contributed by atoms with E-state index in [-0.39, 0.29) is 5.91 Å². The van der Waals surface area contributed by atoms with Crippen molar-refractivity contribution in [2.75, 3.05) is 11.9 Å². The highest BCUT2D eigenvalue weighted by atomic mass is 16.5. The van der Waals surface area contributed by atoms with Crippen LogP contribution in [0.15, 0.2) is 42.5 Å². The van der Waals surface area contributed by atoms with Crippen LogP contribution >= 0.6 is 0 Å². The third-order valence-electron chi connectivity index (χ3n) is 3.68. The molecule has 1 amide bonds. The van der Waals surface area contributed by atoms with E-state index in [1.165, 1.54) is 5.56 Å². The lowest BCUT2D eigenvalue weighted by Gasteiger charge is -2.19. The Bertz CT molecular complexity index is 697. The first-order valence-corrected chi connectivity index (χ1v) is 8.31. The minimum Gasteiger partial charge on any atom is -0.494 e. The molecule has 0 bridgehead atoms. The summed E-state index contributed by atoms with van der Waals surface area (Å²) in [5, 5.41) is 2.90. The number of amides is 1. The van der Waals surface area contributed by atoms with Crippen molar-refractivity contribution in [3.05, 3.63) is 53.6 Å². The number of aryl methyl sites for hydroxylation is 2. The molecule has 1 atom stereocenters. The Morgan fingerprint density at radius 3 is 2.58 bits per heavy atom. The number of carbonyl (C=O) groups excluding carboxylic acids is 1. The van der Waals surface area contributed by atoms with Crippen molar-refractivity contribution in [3.8, 4) is 11.5 Å². The third kappa shape index (κ3) is 4.75. The van der Waals surface area contributed by atoms with Crippen molar-refractivity contribution in [2.45, 2.75) is 40.2 Å². The number of nitrogens with one attached hydrogen (secondary N) is 1. The van der Waals surface area contributed by atoms with Crippen LogP contribution in [-0.2, 0) is 4.79 Å². The predicted octanol–water partition coefficient (Wildman–Crippen LogP) is 4.50. The molecule has 0 saturated heterocycles. The van der Waals surface area contributed by atoms with Gasteiger partial charge in [-0.2, -0.15) is 0 Å². The van der Waals surface area contributed by atoms with E-state index in [4.69, 9.17) is 9.47 Å². The van der Waals surface area contributed by atoms with Gasteiger partial charge in [-0.3, -0.25) is 4.79 Å². The summed E-state index contributed by atoms with van der Waals surface area (Å²) in [6.07, 6.45) is 0.0479. The summed E-state index contributed by atoms with van der Waals surface area (Å²) in [6, 6.07) is 13.3. The quantitative estimate of drug-likeness (QED) is 0.814. The lowest BCUT2D eigenvalue weighted by Crippen LogP contribution is -2.32. The highest BCUT2D eigenvalue weighted by Crippen LogP contribution is 2.22. The Morgan fingerprint density at radius 2 is 1.92 bits per heavy atom. The summed E-state index contributed by atoms with van der Waals surface area (Å²) in [5.41, 5.74) is 2.90. The molecule has 2 rings (SSSR count). The smallest absolute Gasteiger partial charge is 0.265 e. The van der Waals surface area contributed by atoms with Crippen LogP contribution in [0.3, 0.4) is 0 Å². The Morgan fingerprint density at radius 1 is 1.12 bits per heavy atom. The van der Waals surface area contributed by atoms with Crippen LogP contribution in [0.2, 0.25) is 0 Å². The minimum atomic E-state index is -0.540. The van der Waals surface area contributed by atoms with E-state index in [0.717, 1.165) is 17.1 Å². The number of benzene rings is 2. The van der Waals surface area contributed by atoms with E-state index in [9.17, 15) is 4.79 Å². The molecule has 0 aliphatic heterocycles. The maximum atomic E-state index is 12.5. The molecule has 0 spiro atoms. The second-order valence-electron chi connectivity index (χ2n) is 5.73. The number of hydrogen-bond donors (Lipinski definition) is 1. The summed E-state index contributed by atoms with van der Waals surface area (Å²) < 4.78 is 11.4. The molecule has 2 aromatic rings. The average molecular weight is 327 g/mol. The van der Waals surface area contributed by atoms with Crippen LogP contribution in [-0.4, -0.2) is 18.6 Å². The molecule has 0 heterocycles. The molecule has 2 aromatic carbocycles. The largest absolute Gasteiger partial charge is 0.494 e. The lowest BCUT2D eigenvalue weighted by atomic mass is 10.1. The molecular formula is C20H25NO3. The molecule has 0 fully saturated rings. The molecule has 4 nitrogen and oxygen atoms in total. The SMILES string of the molecule is CCOc1cccc(NC(=O)[C@H](CC)Oc2ccc(C)cc2C)c1. The monoisotopic (exact) mass is 327 g/mol. The Balaban J connectivity index is 2.07. The zero-order valence-corrected chi connectivity index (χ0v) is 14.8. The molecule has 0 aliphatic rings. The molecule has 0 unspecified atom stereocenters. The standard InChI is InChI=1S/C20H25NO3/c1-5-18(24-19-11-10-14(3)12-15(19)4)20(22)21-16-8-7-9-17(13-16)23-6-2/h7-13,18H,5-6H2,1-4H3,(H,21,22)/t18-/m0/s1. The van der Waals surface area contributed by atoms with E-state index >= 15 is 0 Å². The van der Waals surface area contributed by atoms with Crippen LogP contribution in [0.5, 0.6) is 11.5 Å². The first-order valence-electron chi connectivity index (χ1n) is 8.31. The summed E-state index contributed by atoms with van der Waals surface area (Å²) >= 11 is 0. The molecule has 0 radical (unpaired) electrons. The highest BCUT2D eigenvalue weighted by Gasteiger charge is 2.19. The molecule has 4 heteroatoms. The molecule has 1 N–H and O–H groups in total. The van der Waals surface area contributed by atoms with Gasteiger partial charge in [0.25, 0.3) is 5.91 Å². The molecule has 128 valence electrons. The van der Waals surface area contributed by atoms with Gasteiger partial charge in [-0.25, -0.2) is 0 Å². The van der Waals surface area contributed by atoms with Crippen LogP contribution in [0.1, 0.15) is 31.4 Å². The topological polar surface area (TPSA) is 47.6 Å². The second-order valence-corrected chi connectivity index (χ2v) is 5.73. The zero-order chi connectivity index (χ0) is 17.5. The number of carbonyl (C=O) groups is 1. The molecule has 0 aromatic heterocycles. The fourth-order valence-corrected chi connectivity index (χ4v) is 2.46. The van der Waals surface area contributed by atoms with Gasteiger partial charge in [0.05, 0.1) is 6.61 Å². The normalized spacial score (nSPS) is 11.7. The van der Waals surface area contributed by atoms with Crippen molar-refractivity contribution in [1.29, 1.82) is 0 Å². The third-order valence-corrected chi connectivity index (χ3v) is 3.68. The molecule has 0 aliphatic carbocycles. The zero-order valence-electron chi connectivity index (χ0n) is 14.8. The van der Waals surface area contributed by atoms with E-state index in [1.54, 1.807) is 0 Å². The fourth-order valence-electron chi connectivity index (χ4n) is 2.46. The van der Waals surface area contributed by atoms with Crippen molar-refractivity contribution < 1.29 is 14.3 Å². The average Bonchev–Trinajstić information content (AvgIpc) is 2.54. The number of hydrogen-bond acceptors (Lipinski definition) is 3. The molecule has 0 saturated carbocycles.